The van der Waals surface area contributed by atoms with Gasteiger partial charge in [-0.1, -0.05) is 44.2 Å². The first kappa shape index (κ1) is 34.5. The molecule has 0 radical (unpaired) electrons. The number of nitrogens with zero attached hydrogens (tertiary/aromatic N) is 6. The number of nitrogens with one attached hydrogen (secondary N) is 1. The Morgan fingerprint density at radius 2 is 1.79 bits per heavy atom. The number of fused-ring (bicyclic) bond motifs is 1. The molecule has 2 amide bonds. The third-order valence-electron chi connectivity index (χ3n) is 9.36. The van der Waals surface area contributed by atoms with Crippen LogP contribution in [0.5, 0.6) is 5.88 Å². The Hall–Kier alpha value is -3.88. The second-order valence-electron chi connectivity index (χ2n) is 14.4. The maximum absolute atomic E-state index is 13.6. The van der Waals surface area contributed by atoms with Crippen molar-refractivity contribution in [3.8, 4) is 11.9 Å². The predicted octanol–water partition coefficient (Wildman–Crippen LogP) is 4.18. The number of amides is 2. The fourth-order valence-electron chi connectivity index (χ4n) is 6.75. The quantitative estimate of drug-likeness (QED) is 0.429. The van der Waals surface area contributed by atoms with Crippen LogP contribution in [0.25, 0.3) is 0 Å². The lowest BCUT2D eigenvalue weighted by atomic mass is 9.95. The third-order valence-corrected chi connectivity index (χ3v) is 9.36. The SMILES string of the molecule is CC(C)[C@@H](NC(=O)OC(C)(C)C)C(=O)N1CCN(c2nc(OC[C@@H]3CCCN3C)c(C#N)c3c2CCN(Cc2ccccc2)C3)CC1. The van der Waals surface area contributed by atoms with Gasteiger partial charge in [-0.15, -0.1) is 0 Å². The number of hydrogen-bond acceptors (Lipinski definition) is 9. The number of rotatable bonds is 9. The maximum Gasteiger partial charge on any atom is 0.408 e. The number of nitriles is 1. The number of ether oxygens (including phenoxy) is 2. The van der Waals surface area contributed by atoms with Gasteiger partial charge in [0, 0.05) is 57.4 Å². The maximum atomic E-state index is 13.6. The van der Waals surface area contributed by atoms with Gasteiger partial charge >= 0.3 is 6.09 Å². The van der Waals surface area contributed by atoms with E-state index in [1.165, 1.54) is 5.56 Å². The lowest BCUT2D eigenvalue weighted by molar-refractivity contribution is -0.134. The molecule has 2 atom stereocenters. The van der Waals surface area contributed by atoms with E-state index < -0.39 is 17.7 Å². The van der Waals surface area contributed by atoms with Crippen LogP contribution in [0.1, 0.15) is 69.7 Å². The number of carbonyl (C=O) groups excluding carboxylic acids is 2. The van der Waals surface area contributed by atoms with E-state index in [0.29, 0.717) is 56.8 Å². The molecule has 2 aromatic rings. The standard InChI is InChI=1S/C36H51N7O4/c1-25(2)31(38-35(45)47-36(3,4)5)34(44)43-19-17-42(18-20-43)32-28-14-16-41(22-26-11-8-7-9-12-26)23-30(28)29(21-37)33(39-32)46-24-27-13-10-15-40(27)6/h7-9,11-12,25,27,31H,10,13-20,22-24H2,1-6H3,(H,38,45)/t27-,31+/m0/s1. The number of likely N-dealkylation sites (tertiary alicyclic amines) is 1. The summed E-state index contributed by atoms with van der Waals surface area (Å²) in [4.78, 5) is 40.0. The summed E-state index contributed by atoms with van der Waals surface area (Å²) in [6.07, 6.45) is 2.39. The predicted molar refractivity (Wildman–Crippen MR) is 181 cm³/mol. The van der Waals surface area contributed by atoms with Gasteiger partial charge in [0.25, 0.3) is 0 Å². The number of piperazine rings is 1. The van der Waals surface area contributed by atoms with Gasteiger partial charge in [0.1, 0.15) is 35.7 Å². The van der Waals surface area contributed by atoms with Crippen molar-refractivity contribution in [1.29, 1.82) is 5.26 Å². The molecule has 2 saturated heterocycles. The molecule has 0 unspecified atom stereocenters. The molecule has 2 fully saturated rings. The number of pyridine rings is 1. The summed E-state index contributed by atoms with van der Waals surface area (Å²) in [6.45, 7) is 15.3. The van der Waals surface area contributed by atoms with Gasteiger partial charge in [-0.2, -0.15) is 10.2 Å². The molecule has 11 heteroatoms. The van der Waals surface area contributed by atoms with E-state index in [1.54, 1.807) is 20.8 Å². The van der Waals surface area contributed by atoms with Crippen LogP contribution in [-0.4, -0.2) is 102 Å². The third kappa shape index (κ3) is 8.54. The molecule has 5 rings (SSSR count). The second kappa shape index (κ2) is 14.9. The van der Waals surface area contributed by atoms with Crippen molar-refractivity contribution in [2.24, 2.45) is 5.92 Å². The summed E-state index contributed by atoms with van der Waals surface area (Å²) in [5.74, 6) is 1.05. The summed E-state index contributed by atoms with van der Waals surface area (Å²) in [7, 11) is 2.12. The highest BCUT2D eigenvalue weighted by Gasteiger charge is 2.35. The largest absolute Gasteiger partial charge is 0.475 e. The number of benzene rings is 1. The number of alkyl carbamates (subject to hydrolysis) is 1. The van der Waals surface area contributed by atoms with Gasteiger partial charge in [-0.3, -0.25) is 9.69 Å². The van der Waals surface area contributed by atoms with E-state index in [1.807, 2.05) is 24.8 Å². The molecule has 3 aliphatic heterocycles. The zero-order chi connectivity index (χ0) is 33.7. The van der Waals surface area contributed by atoms with E-state index in [-0.39, 0.29) is 11.8 Å². The average Bonchev–Trinajstić information content (AvgIpc) is 3.45. The van der Waals surface area contributed by atoms with E-state index in [2.05, 4.69) is 57.4 Å². The molecule has 1 aromatic carbocycles. The normalized spacial score (nSPS) is 19.7. The highest BCUT2D eigenvalue weighted by atomic mass is 16.6. The molecule has 11 nitrogen and oxygen atoms in total. The van der Waals surface area contributed by atoms with Crippen LogP contribution in [0.3, 0.4) is 0 Å². The molecule has 0 saturated carbocycles. The molecule has 4 heterocycles. The van der Waals surface area contributed by atoms with Crippen molar-refractivity contribution in [1.82, 2.24) is 25.0 Å². The topological polar surface area (TPSA) is 114 Å². The Kier molecular flexibility index (Phi) is 10.9. The first-order valence-corrected chi connectivity index (χ1v) is 17.0. The van der Waals surface area contributed by atoms with Crippen LogP contribution in [0.4, 0.5) is 10.6 Å². The number of hydrogen-bond donors (Lipinski definition) is 1. The zero-order valence-corrected chi connectivity index (χ0v) is 28.9. The van der Waals surface area contributed by atoms with Crippen LogP contribution in [0.15, 0.2) is 30.3 Å². The van der Waals surface area contributed by atoms with Crippen LogP contribution >= 0.6 is 0 Å². The lowest BCUT2D eigenvalue weighted by Crippen LogP contribution is -2.57. The van der Waals surface area contributed by atoms with Crippen molar-refractivity contribution >= 4 is 17.8 Å². The van der Waals surface area contributed by atoms with E-state index >= 15 is 0 Å². The molecule has 0 spiro atoms. The minimum absolute atomic E-state index is 0.0993. The Balaban J connectivity index is 1.35. The second-order valence-corrected chi connectivity index (χ2v) is 14.4. The van der Waals surface area contributed by atoms with Gasteiger partial charge in [0.2, 0.25) is 11.8 Å². The number of anilines is 1. The monoisotopic (exact) mass is 645 g/mol. The summed E-state index contributed by atoms with van der Waals surface area (Å²) in [5.41, 5.74) is 3.22. The summed E-state index contributed by atoms with van der Waals surface area (Å²) in [5, 5.41) is 13.2. The molecule has 0 aliphatic carbocycles. The zero-order valence-electron chi connectivity index (χ0n) is 28.9. The fourth-order valence-corrected chi connectivity index (χ4v) is 6.75. The molecule has 47 heavy (non-hydrogen) atoms. The first-order chi connectivity index (χ1) is 22.4. The summed E-state index contributed by atoms with van der Waals surface area (Å²) in [6, 6.07) is 12.5. The summed E-state index contributed by atoms with van der Waals surface area (Å²) >= 11 is 0. The fraction of sp³-hybridized carbons (Fsp3) is 0.611. The molecule has 0 bridgehead atoms. The van der Waals surface area contributed by atoms with Crippen LogP contribution < -0.4 is 15.0 Å². The summed E-state index contributed by atoms with van der Waals surface area (Å²) < 4.78 is 11.8. The minimum atomic E-state index is -0.679. The smallest absolute Gasteiger partial charge is 0.408 e. The number of likely N-dealkylation sites (N-methyl/N-ethyl adjacent to an activating group) is 1. The van der Waals surface area contributed by atoms with E-state index in [4.69, 9.17) is 14.5 Å². The lowest BCUT2D eigenvalue weighted by Gasteiger charge is -2.40. The Bertz CT molecular complexity index is 1440. The molecular formula is C36H51N7O4. The van der Waals surface area contributed by atoms with Crippen LogP contribution in [0.2, 0.25) is 0 Å². The Morgan fingerprint density at radius 3 is 2.40 bits per heavy atom. The van der Waals surface area contributed by atoms with Crippen molar-refractivity contribution in [2.75, 3.05) is 57.8 Å². The highest BCUT2D eigenvalue weighted by Crippen LogP contribution is 2.36. The minimum Gasteiger partial charge on any atom is -0.475 e. The molecule has 1 N–H and O–H groups in total. The number of carbonyl (C=O) groups is 2. The molecule has 1 aromatic heterocycles. The molecule has 254 valence electrons. The van der Waals surface area contributed by atoms with Crippen LogP contribution in [0, 0.1) is 17.2 Å². The van der Waals surface area contributed by atoms with Gasteiger partial charge in [0.05, 0.1) is 0 Å². The Labute approximate surface area is 279 Å². The van der Waals surface area contributed by atoms with E-state index in [9.17, 15) is 14.9 Å². The Morgan fingerprint density at radius 1 is 1.06 bits per heavy atom. The van der Waals surface area contributed by atoms with Crippen molar-refractivity contribution in [3.63, 3.8) is 0 Å². The first-order valence-electron chi connectivity index (χ1n) is 17.0. The van der Waals surface area contributed by atoms with Gasteiger partial charge < -0.3 is 29.5 Å². The average molecular weight is 646 g/mol. The van der Waals surface area contributed by atoms with Gasteiger partial charge in [0.15, 0.2) is 0 Å². The van der Waals surface area contributed by atoms with Crippen molar-refractivity contribution < 1.29 is 19.1 Å². The number of aromatic nitrogens is 1. The van der Waals surface area contributed by atoms with Crippen LogP contribution in [-0.2, 0) is 29.0 Å². The van der Waals surface area contributed by atoms with E-state index in [0.717, 1.165) is 55.8 Å². The highest BCUT2D eigenvalue weighted by molar-refractivity contribution is 5.86. The molecule has 3 aliphatic rings. The van der Waals surface area contributed by atoms with Crippen molar-refractivity contribution in [3.05, 3.63) is 52.6 Å². The van der Waals surface area contributed by atoms with Gasteiger partial charge in [-0.05, 0) is 70.7 Å². The van der Waals surface area contributed by atoms with Crippen molar-refractivity contribution in [2.45, 2.75) is 84.7 Å². The molecular weight excluding hydrogens is 594 g/mol. The van der Waals surface area contributed by atoms with Gasteiger partial charge in [-0.25, -0.2) is 4.79 Å².